The standard InChI is InChI=1S/C16H25NO/c1-12-6-7-14(8-13(12)2)9-17-10-15-4-3-5-16(15)11-18/h6-8,15-18H,3-5,9-11H2,1-2H3. The van der Waals surface area contributed by atoms with Crippen LogP contribution in [0.15, 0.2) is 18.2 Å². The molecule has 1 aromatic rings. The van der Waals surface area contributed by atoms with Crippen molar-refractivity contribution in [2.24, 2.45) is 11.8 Å². The highest BCUT2D eigenvalue weighted by atomic mass is 16.3. The molecular formula is C16H25NO. The van der Waals surface area contributed by atoms with Crippen LogP contribution in [0.25, 0.3) is 0 Å². The zero-order valence-corrected chi connectivity index (χ0v) is 11.6. The van der Waals surface area contributed by atoms with Gasteiger partial charge >= 0.3 is 0 Å². The second kappa shape index (κ2) is 6.35. The maximum absolute atomic E-state index is 9.29. The van der Waals surface area contributed by atoms with Gasteiger partial charge in [-0.3, -0.25) is 0 Å². The van der Waals surface area contributed by atoms with Crippen LogP contribution in [-0.4, -0.2) is 18.3 Å². The quantitative estimate of drug-likeness (QED) is 0.838. The molecular weight excluding hydrogens is 222 g/mol. The largest absolute Gasteiger partial charge is 0.396 e. The molecule has 0 bridgehead atoms. The molecule has 0 saturated heterocycles. The predicted octanol–water partition coefficient (Wildman–Crippen LogP) is 2.80. The molecule has 0 aromatic heterocycles. The highest BCUT2D eigenvalue weighted by Crippen LogP contribution is 2.30. The molecule has 0 spiro atoms. The lowest BCUT2D eigenvalue weighted by Crippen LogP contribution is -2.26. The summed E-state index contributed by atoms with van der Waals surface area (Å²) in [6, 6.07) is 6.66. The second-order valence-corrected chi connectivity index (χ2v) is 5.68. The van der Waals surface area contributed by atoms with Gasteiger partial charge in [-0.1, -0.05) is 24.6 Å². The van der Waals surface area contributed by atoms with E-state index >= 15 is 0 Å². The number of rotatable bonds is 5. The lowest BCUT2D eigenvalue weighted by molar-refractivity contribution is 0.192. The Bertz CT molecular complexity index is 389. The molecule has 2 nitrogen and oxygen atoms in total. The summed E-state index contributed by atoms with van der Waals surface area (Å²) in [5.74, 6) is 1.19. The van der Waals surface area contributed by atoms with Crippen molar-refractivity contribution in [1.82, 2.24) is 5.32 Å². The van der Waals surface area contributed by atoms with Crippen molar-refractivity contribution in [2.75, 3.05) is 13.2 Å². The molecule has 1 aromatic carbocycles. The number of hydrogen-bond donors (Lipinski definition) is 2. The molecule has 0 radical (unpaired) electrons. The number of aliphatic hydroxyl groups excluding tert-OH is 1. The number of hydrogen-bond acceptors (Lipinski definition) is 2. The summed E-state index contributed by atoms with van der Waals surface area (Å²) in [6.07, 6.45) is 3.75. The summed E-state index contributed by atoms with van der Waals surface area (Å²) in [5.41, 5.74) is 4.08. The van der Waals surface area contributed by atoms with Crippen molar-refractivity contribution < 1.29 is 5.11 Å². The summed E-state index contributed by atoms with van der Waals surface area (Å²) >= 11 is 0. The van der Waals surface area contributed by atoms with Gasteiger partial charge in [0.2, 0.25) is 0 Å². The number of aliphatic hydroxyl groups is 1. The van der Waals surface area contributed by atoms with Gasteiger partial charge in [-0.05, 0) is 61.8 Å². The van der Waals surface area contributed by atoms with E-state index in [4.69, 9.17) is 0 Å². The molecule has 2 rings (SSSR count). The van der Waals surface area contributed by atoms with Crippen LogP contribution in [0.4, 0.5) is 0 Å². The monoisotopic (exact) mass is 247 g/mol. The fraction of sp³-hybridized carbons (Fsp3) is 0.625. The molecule has 2 heteroatoms. The fourth-order valence-corrected chi connectivity index (χ4v) is 2.94. The second-order valence-electron chi connectivity index (χ2n) is 5.68. The smallest absolute Gasteiger partial charge is 0.0462 e. The third-order valence-electron chi connectivity index (χ3n) is 4.36. The van der Waals surface area contributed by atoms with Gasteiger partial charge in [-0.25, -0.2) is 0 Å². The molecule has 100 valence electrons. The van der Waals surface area contributed by atoms with E-state index in [1.165, 1.54) is 36.0 Å². The van der Waals surface area contributed by atoms with Gasteiger partial charge in [0.1, 0.15) is 0 Å². The number of nitrogens with one attached hydrogen (secondary N) is 1. The third kappa shape index (κ3) is 3.33. The Hall–Kier alpha value is -0.860. The molecule has 1 aliphatic carbocycles. The van der Waals surface area contributed by atoms with Crippen molar-refractivity contribution in [3.05, 3.63) is 34.9 Å². The van der Waals surface area contributed by atoms with E-state index in [0.29, 0.717) is 18.4 Å². The highest BCUT2D eigenvalue weighted by Gasteiger charge is 2.25. The summed E-state index contributed by atoms with van der Waals surface area (Å²) in [6.45, 7) is 6.65. The molecule has 2 unspecified atom stereocenters. The van der Waals surface area contributed by atoms with E-state index in [9.17, 15) is 5.11 Å². The summed E-state index contributed by atoms with van der Waals surface area (Å²) in [5, 5.41) is 12.8. The molecule has 1 saturated carbocycles. The van der Waals surface area contributed by atoms with Crippen molar-refractivity contribution in [2.45, 2.75) is 39.7 Å². The minimum atomic E-state index is 0.357. The van der Waals surface area contributed by atoms with Crippen LogP contribution in [0.3, 0.4) is 0 Å². The number of benzene rings is 1. The summed E-state index contributed by atoms with van der Waals surface area (Å²) < 4.78 is 0. The van der Waals surface area contributed by atoms with Crippen LogP contribution in [0.2, 0.25) is 0 Å². The van der Waals surface area contributed by atoms with Crippen molar-refractivity contribution in [1.29, 1.82) is 0 Å². The van der Waals surface area contributed by atoms with E-state index in [1.54, 1.807) is 0 Å². The average Bonchev–Trinajstić information content (AvgIpc) is 2.81. The maximum Gasteiger partial charge on any atom is 0.0462 e. The molecule has 0 aliphatic heterocycles. The zero-order chi connectivity index (χ0) is 13.0. The van der Waals surface area contributed by atoms with Gasteiger partial charge in [0, 0.05) is 13.2 Å². The molecule has 0 amide bonds. The first-order valence-electron chi connectivity index (χ1n) is 7.08. The van der Waals surface area contributed by atoms with Crippen molar-refractivity contribution in [3.8, 4) is 0 Å². The first-order chi connectivity index (χ1) is 8.70. The van der Waals surface area contributed by atoms with Gasteiger partial charge in [-0.15, -0.1) is 0 Å². The minimum absolute atomic E-state index is 0.357. The lowest BCUT2D eigenvalue weighted by Gasteiger charge is -2.18. The molecule has 2 N–H and O–H groups in total. The van der Waals surface area contributed by atoms with Gasteiger partial charge in [0.25, 0.3) is 0 Å². The van der Waals surface area contributed by atoms with Gasteiger partial charge in [0.15, 0.2) is 0 Å². The Labute approximate surface area is 110 Å². The first-order valence-corrected chi connectivity index (χ1v) is 7.08. The average molecular weight is 247 g/mol. The van der Waals surface area contributed by atoms with Crippen LogP contribution in [0, 0.1) is 25.7 Å². The Balaban J connectivity index is 1.79. The van der Waals surface area contributed by atoms with Crippen LogP contribution in [0.1, 0.15) is 36.0 Å². The van der Waals surface area contributed by atoms with E-state index < -0.39 is 0 Å². The molecule has 1 aliphatic rings. The van der Waals surface area contributed by atoms with Crippen molar-refractivity contribution in [3.63, 3.8) is 0 Å². The summed E-state index contributed by atoms with van der Waals surface area (Å²) in [4.78, 5) is 0. The Morgan fingerprint density at radius 1 is 1.17 bits per heavy atom. The van der Waals surface area contributed by atoms with Gasteiger partial charge < -0.3 is 10.4 Å². The van der Waals surface area contributed by atoms with E-state index in [1.807, 2.05) is 0 Å². The molecule has 0 heterocycles. The zero-order valence-electron chi connectivity index (χ0n) is 11.6. The van der Waals surface area contributed by atoms with E-state index in [-0.39, 0.29) is 0 Å². The minimum Gasteiger partial charge on any atom is -0.396 e. The first kappa shape index (κ1) is 13.6. The normalized spacial score (nSPS) is 23.5. The van der Waals surface area contributed by atoms with Crippen LogP contribution in [0.5, 0.6) is 0 Å². The SMILES string of the molecule is Cc1ccc(CNCC2CCCC2CO)cc1C. The molecule has 18 heavy (non-hydrogen) atoms. The third-order valence-corrected chi connectivity index (χ3v) is 4.36. The summed E-state index contributed by atoms with van der Waals surface area (Å²) in [7, 11) is 0. The Kier molecular flexibility index (Phi) is 4.79. The van der Waals surface area contributed by atoms with E-state index in [2.05, 4.69) is 37.4 Å². The predicted molar refractivity (Wildman–Crippen MR) is 75.5 cm³/mol. The molecule has 2 atom stereocenters. The highest BCUT2D eigenvalue weighted by molar-refractivity contribution is 5.29. The fourth-order valence-electron chi connectivity index (χ4n) is 2.94. The van der Waals surface area contributed by atoms with Gasteiger partial charge in [0.05, 0.1) is 0 Å². The lowest BCUT2D eigenvalue weighted by atomic mass is 9.97. The number of aryl methyl sites for hydroxylation is 2. The van der Waals surface area contributed by atoms with Crippen LogP contribution in [-0.2, 0) is 6.54 Å². The Morgan fingerprint density at radius 2 is 1.94 bits per heavy atom. The van der Waals surface area contributed by atoms with Crippen LogP contribution >= 0.6 is 0 Å². The maximum atomic E-state index is 9.29. The van der Waals surface area contributed by atoms with Gasteiger partial charge in [-0.2, -0.15) is 0 Å². The van der Waals surface area contributed by atoms with Crippen molar-refractivity contribution >= 4 is 0 Å². The topological polar surface area (TPSA) is 32.3 Å². The van der Waals surface area contributed by atoms with E-state index in [0.717, 1.165) is 13.1 Å². The molecule has 1 fully saturated rings. The Morgan fingerprint density at radius 3 is 2.67 bits per heavy atom. The van der Waals surface area contributed by atoms with Crippen LogP contribution < -0.4 is 5.32 Å².